The van der Waals surface area contributed by atoms with Gasteiger partial charge in [0.05, 0.1) is 22.1 Å². The summed E-state index contributed by atoms with van der Waals surface area (Å²) in [5, 5.41) is 2.50. The number of pyridine rings is 2. The topological polar surface area (TPSA) is 59.8 Å². The Balaban J connectivity index is 0.00000368. The molecule has 0 aliphatic heterocycles. The maximum absolute atomic E-state index is 6.63. The van der Waals surface area contributed by atoms with E-state index in [1.807, 2.05) is 0 Å². The van der Waals surface area contributed by atoms with Crippen LogP contribution >= 0.6 is 0 Å². The van der Waals surface area contributed by atoms with E-state index in [-0.39, 0.29) is 12.4 Å². The van der Waals surface area contributed by atoms with Crippen molar-refractivity contribution < 1.29 is 21.5 Å². The van der Waals surface area contributed by atoms with Crippen LogP contribution in [0.3, 0.4) is 0 Å². The van der Waals surface area contributed by atoms with Gasteiger partial charge in [-0.3, -0.25) is 0 Å². The Bertz CT molecular complexity index is 1410. The number of benzene rings is 2. The fraction of sp³-hybridized carbons (Fsp3) is 0.526. The largest absolute Gasteiger partial charge is 1.00 e. The molecule has 0 fully saturated rings. The molecule has 2 heterocycles. The van der Waals surface area contributed by atoms with Gasteiger partial charge in [0.15, 0.2) is 11.4 Å². The van der Waals surface area contributed by atoms with Crippen molar-refractivity contribution in [3.05, 3.63) is 71.0 Å². The van der Waals surface area contributed by atoms with Crippen molar-refractivity contribution in [1.82, 2.24) is 0 Å². The van der Waals surface area contributed by atoms with Crippen LogP contribution in [0.4, 0.5) is 11.4 Å². The molecule has 2 aliphatic rings. The minimum atomic E-state index is 0. The van der Waals surface area contributed by atoms with Gasteiger partial charge in [-0.1, -0.05) is 62.8 Å². The van der Waals surface area contributed by atoms with Crippen molar-refractivity contribution in [2.24, 2.45) is 0 Å². The van der Waals surface area contributed by atoms with E-state index < -0.39 is 0 Å². The maximum Gasteiger partial charge on any atom is 0.214 e. The maximum atomic E-state index is 6.63. The van der Waals surface area contributed by atoms with E-state index >= 15 is 0 Å². The molecular formula is C38H52ClN4+. The first-order chi connectivity index (χ1) is 20.7. The summed E-state index contributed by atoms with van der Waals surface area (Å²) in [5.74, 6) is 0. The summed E-state index contributed by atoms with van der Waals surface area (Å²) in [6.45, 7) is 2.27. The Morgan fingerprint density at radius 1 is 0.465 bits per heavy atom. The number of aryl methyl sites for hydroxylation is 2. The van der Waals surface area contributed by atoms with Crippen molar-refractivity contribution in [2.45, 2.75) is 129 Å². The van der Waals surface area contributed by atoms with Gasteiger partial charge in [0.1, 0.15) is 13.1 Å². The van der Waals surface area contributed by atoms with Crippen LogP contribution in [0.5, 0.6) is 0 Å². The summed E-state index contributed by atoms with van der Waals surface area (Å²) in [5.41, 5.74) is 23.9. The predicted molar refractivity (Wildman–Crippen MR) is 177 cm³/mol. The SMILES string of the molecule is Nc1c2c([n+](CCCCCCCCCCCC[n+]3c4c(c(N)c5ccccc53)CCCC4)c3ccccc13)CCCC2.[Cl-]. The summed E-state index contributed by atoms with van der Waals surface area (Å²) < 4.78 is 5.23. The Kier molecular flexibility index (Phi) is 11.2. The van der Waals surface area contributed by atoms with Gasteiger partial charge in [-0.05, 0) is 63.5 Å². The molecule has 43 heavy (non-hydrogen) atoms. The lowest BCUT2D eigenvalue weighted by Gasteiger charge is -2.18. The van der Waals surface area contributed by atoms with Crippen LogP contribution in [0.2, 0.25) is 0 Å². The Morgan fingerprint density at radius 3 is 1.23 bits per heavy atom. The molecule has 0 radical (unpaired) electrons. The standard InChI is InChI=1S/C38H50N4.ClH/c39-37-29-19-9-13-23-33(29)41(34-24-14-10-20-30(34)37)27-17-7-5-3-1-2-4-6-8-18-28-42-35-25-15-11-21-31(35)38(40)32-22-12-16-26-36(32)42;/h9,11,13,15,19,21,23,25,39-40H,1-8,10,12,14,16-18,20,22,24,26-28H2;1H/p+1. The van der Waals surface area contributed by atoms with Crippen molar-refractivity contribution in [3.8, 4) is 0 Å². The first-order valence-electron chi connectivity index (χ1n) is 17.2. The monoisotopic (exact) mass is 599 g/mol. The highest BCUT2D eigenvalue weighted by Crippen LogP contribution is 2.31. The lowest BCUT2D eigenvalue weighted by molar-refractivity contribution is -0.680. The molecule has 0 amide bonds. The average molecular weight is 600 g/mol. The van der Waals surface area contributed by atoms with Crippen LogP contribution in [-0.2, 0) is 38.8 Å². The van der Waals surface area contributed by atoms with Gasteiger partial charge >= 0.3 is 0 Å². The number of anilines is 2. The number of nitrogens with zero attached hydrogens (tertiary/aromatic N) is 2. The zero-order valence-corrected chi connectivity index (χ0v) is 26.9. The van der Waals surface area contributed by atoms with E-state index in [1.165, 1.54) is 147 Å². The van der Waals surface area contributed by atoms with Crippen molar-refractivity contribution in [1.29, 1.82) is 0 Å². The van der Waals surface area contributed by atoms with Crippen molar-refractivity contribution in [3.63, 3.8) is 0 Å². The molecule has 0 unspecified atom stereocenters. The molecule has 6 rings (SSSR count). The molecule has 0 spiro atoms. The van der Waals surface area contributed by atoms with Gasteiger partial charge < -0.3 is 23.9 Å². The molecule has 2 aromatic heterocycles. The summed E-state index contributed by atoms with van der Waals surface area (Å²) in [6.07, 6.45) is 23.3. The van der Waals surface area contributed by atoms with Crippen LogP contribution in [0.1, 0.15) is 112 Å². The number of halogens is 1. The van der Waals surface area contributed by atoms with Crippen LogP contribution in [-0.4, -0.2) is 0 Å². The number of para-hydroxylation sites is 2. The zero-order chi connectivity index (χ0) is 28.7. The van der Waals surface area contributed by atoms with E-state index in [0.29, 0.717) is 0 Å². The van der Waals surface area contributed by atoms with Crippen LogP contribution in [0, 0.1) is 0 Å². The molecular weight excluding hydrogens is 548 g/mol. The van der Waals surface area contributed by atoms with Crippen LogP contribution in [0.25, 0.3) is 21.8 Å². The van der Waals surface area contributed by atoms with Crippen LogP contribution < -0.4 is 33.0 Å². The van der Waals surface area contributed by atoms with Gasteiger partial charge in [0, 0.05) is 48.9 Å². The minimum absolute atomic E-state index is 0. The molecule has 5 heteroatoms. The second kappa shape index (κ2) is 15.2. The van der Waals surface area contributed by atoms with Crippen molar-refractivity contribution in [2.75, 3.05) is 11.5 Å². The number of rotatable bonds is 13. The van der Waals surface area contributed by atoms with E-state index in [9.17, 15) is 0 Å². The van der Waals surface area contributed by atoms with E-state index in [2.05, 4.69) is 57.7 Å². The summed E-state index contributed by atoms with van der Waals surface area (Å²) in [4.78, 5) is 0. The highest BCUT2D eigenvalue weighted by Gasteiger charge is 2.27. The zero-order valence-electron chi connectivity index (χ0n) is 26.2. The number of nitrogens with two attached hydrogens (primary N) is 2. The predicted octanol–water partition coefficient (Wildman–Crippen LogP) is 5.10. The molecule has 4 aromatic rings. The van der Waals surface area contributed by atoms with E-state index in [0.717, 1.165) is 37.3 Å². The molecule has 0 atom stereocenters. The number of hydrogen-bond acceptors (Lipinski definition) is 2. The normalized spacial score (nSPS) is 14.4. The molecule has 0 saturated heterocycles. The Hall–Kier alpha value is -2.85. The fourth-order valence-corrected chi connectivity index (χ4v) is 7.91. The Labute approximate surface area is 265 Å². The lowest BCUT2D eigenvalue weighted by atomic mass is 9.92. The molecule has 2 aromatic carbocycles. The second-order valence-electron chi connectivity index (χ2n) is 13.0. The number of nitrogen functional groups attached to an aromatic ring is 2. The highest BCUT2D eigenvalue weighted by molar-refractivity contribution is 5.90. The number of aromatic nitrogens is 2. The summed E-state index contributed by atoms with van der Waals surface area (Å²) in [6, 6.07) is 17.6. The van der Waals surface area contributed by atoms with E-state index in [1.54, 1.807) is 0 Å². The molecule has 2 aliphatic carbocycles. The number of hydrogen-bond donors (Lipinski definition) is 2. The van der Waals surface area contributed by atoms with Gasteiger partial charge in [0.2, 0.25) is 11.0 Å². The Morgan fingerprint density at radius 2 is 0.814 bits per heavy atom. The molecule has 0 bridgehead atoms. The first kappa shape index (κ1) is 31.6. The van der Waals surface area contributed by atoms with Gasteiger partial charge in [-0.15, -0.1) is 0 Å². The summed E-state index contributed by atoms with van der Waals surface area (Å²) >= 11 is 0. The fourth-order valence-electron chi connectivity index (χ4n) is 7.91. The minimum Gasteiger partial charge on any atom is -1.00 e. The van der Waals surface area contributed by atoms with Gasteiger partial charge in [-0.2, -0.15) is 9.13 Å². The third-order valence-corrected chi connectivity index (χ3v) is 10.2. The smallest absolute Gasteiger partial charge is 0.214 e. The van der Waals surface area contributed by atoms with Crippen molar-refractivity contribution >= 4 is 33.2 Å². The molecule has 0 saturated carbocycles. The molecule has 4 nitrogen and oxygen atoms in total. The van der Waals surface area contributed by atoms with E-state index in [4.69, 9.17) is 11.5 Å². The third kappa shape index (κ3) is 6.95. The van der Waals surface area contributed by atoms with Crippen LogP contribution in [0.15, 0.2) is 48.5 Å². The third-order valence-electron chi connectivity index (χ3n) is 10.2. The first-order valence-corrected chi connectivity index (χ1v) is 17.2. The highest BCUT2D eigenvalue weighted by atomic mass is 35.5. The second-order valence-corrected chi connectivity index (χ2v) is 13.0. The van der Waals surface area contributed by atoms with Gasteiger partial charge in [-0.25, -0.2) is 0 Å². The number of fused-ring (bicyclic) bond motifs is 4. The van der Waals surface area contributed by atoms with Gasteiger partial charge in [0.25, 0.3) is 0 Å². The summed E-state index contributed by atoms with van der Waals surface area (Å²) in [7, 11) is 0. The lowest BCUT2D eigenvalue weighted by Crippen LogP contribution is -3.00. The quantitative estimate of drug-likeness (QED) is 0.166. The molecule has 230 valence electrons. The average Bonchev–Trinajstić information content (AvgIpc) is 3.04. The molecule has 4 N–H and O–H groups in total. The number of unbranched alkanes of at least 4 members (excludes halogenated alkanes) is 9.